The Morgan fingerprint density at radius 1 is 1.03 bits per heavy atom. The maximum Gasteiger partial charge on any atom is 0.333 e. The molecule has 0 bridgehead atoms. The van der Waals surface area contributed by atoms with Crippen molar-refractivity contribution in [3.63, 3.8) is 0 Å². The van der Waals surface area contributed by atoms with E-state index in [1.165, 1.54) is 4.57 Å². The van der Waals surface area contributed by atoms with Gasteiger partial charge in [-0.3, -0.25) is 19.0 Å². The SMILES string of the molecule is CCOc1ccc(N2CCn3c2nn(CC(=O)NCc2ccc(C)cc2)c(=O)c3=O)cc1. The summed E-state index contributed by atoms with van der Waals surface area (Å²) >= 11 is 0. The Balaban J connectivity index is 1.53. The molecule has 0 saturated carbocycles. The number of aromatic nitrogens is 3. The van der Waals surface area contributed by atoms with Crippen molar-refractivity contribution in [3.8, 4) is 5.75 Å². The van der Waals surface area contributed by atoms with Crippen LogP contribution < -0.4 is 26.1 Å². The number of amides is 1. The molecule has 0 radical (unpaired) electrons. The molecule has 32 heavy (non-hydrogen) atoms. The standard InChI is InChI=1S/C23H25N5O4/c1-3-32-19-10-8-18(9-11-19)26-12-13-27-21(30)22(31)28(25-23(26)27)15-20(29)24-14-17-6-4-16(2)5-7-17/h4-11H,3,12-15H2,1-2H3,(H,24,29). The van der Waals surface area contributed by atoms with Gasteiger partial charge in [0.2, 0.25) is 11.9 Å². The number of ether oxygens (including phenoxy) is 1. The van der Waals surface area contributed by atoms with Crippen molar-refractivity contribution >= 4 is 17.5 Å². The first kappa shape index (κ1) is 21.4. The lowest BCUT2D eigenvalue weighted by Crippen LogP contribution is -2.44. The lowest BCUT2D eigenvalue weighted by Gasteiger charge is -2.18. The summed E-state index contributed by atoms with van der Waals surface area (Å²) in [5.74, 6) is 0.691. The van der Waals surface area contributed by atoms with E-state index in [4.69, 9.17) is 4.74 Å². The highest BCUT2D eigenvalue weighted by atomic mass is 16.5. The van der Waals surface area contributed by atoms with Gasteiger partial charge in [-0.15, -0.1) is 5.10 Å². The summed E-state index contributed by atoms with van der Waals surface area (Å²) in [6, 6.07) is 15.2. The molecule has 1 aliphatic heterocycles. The van der Waals surface area contributed by atoms with Gasteiger partial charge in [0.25, 0.3) is 0 Å². The zero-order valence-corrected chi connectivity index (χ0v) is 18.1. The van der Waals surface area contributed by atoms with Crippen LogP contribution in [-0.4, -0.2) is 33.4 Å². The van der Waals surface area contributed by atoms with E-state index in [-0.39, 0.29) is 6.54 Å². The first-order valence-electron chi connectivity index (χ1n) is 10.5. The van der Waals surface area contributed by atoms with E-state index < -0.39 is 17.0 Å². The van der Waals surface area contributed by atoms with E-state index in [0.29, 0.717) is 32.2 Å². The Morgan fingerprint density at radius 2 is 1.75 bits per heavy atom. The van der Waals surface area contributed by atoms with Crippen LogP contribution in [0.3, 0.4) is 0 Å². The fourth-order valence-corrected chi connectivity index (χ4v) is 3.56. The Hall–Kier alpha value is -3.88. The molecule has 1 amide bonds. The number of nitrogens with zero attached hydrogens (tertiary/aromatic N) is 4. The van der Waals surface area contributed by atoms with Crippen molar-refractivity contribution in [2.45, 2.75) is 33.5 Å². The molecule has 0 aliphatic carbocycles. The summed E-state index contributed by atoms with van der Waals surface area (Å²) in [7, 11) is 0. The summed E-state index contributed by atoms with van der Waals surface area (Å²) in [4.78, 5) is 39.4. The Kier molecular flexibility index (Phi) is 6.07. The molecule has 9 nitrogen and oxygen atoms in total. The number of benzene rings is 2. The first-order valence-corrected chi connectivity index (χ1v) is 10.5. The highest BCUT2D eigenvalue weighted by Crippen LogP contribution is 2.28. The van der Waals surface area contributed by atoms with E-state index in [9.17, 15) is 14.4 Å². The van der Waals surface area contributed by atoms with Crippen molar-refractivity contribution in [2.75, 3.05) is 18.1 Å². The van der Waals surface area contributed by atoms with E-state index in [2.05, 4.69) is 10.4 Å². The number of carbonyl (C=O) groups excluding carboxylic acids is 1. The molecule has 1 aromatic heterocycles. The van der Waals surface area contributed by atoms with Gasteiger partial charge >= 0.3 is 11.1 Å². The molecule has 2 aromatic carbocycles. The van der Waals surface area contributed by atoms with Gasteiger partial charge in [0.15, 0.2) is 0 Å². The van der Waals surface area contributed by atoms with Crippen molar-refractivity contribution in [2.24, 2.45) is 0 Å². The van der Waals surface area contributed by atoms with Gasteiger partial charge in [-0.25, -0.2) is 4.68 Å². The largest absolute Gasteiger partial charge is 0.494 e. The predicted octanol–water partition coefficient (Wildman–Crippen LogP) is 1.58. The zero-order valence-electron chi connectivity index (χ0n) is 18.1. The van der Waals surface area contributed by atoms with Gasteiger partial charge in [-0.2, -0.15) is 0 Å². The molecule has 1 N–H and O–H groups in total. The lowest BCUT2D eigenvalue weighted by atomic mass is 10.1. The third kappa shape index (κ3) is 4.41. The minimum absolute atomic E-state index is 0.328. The summed E-state index contributed by atoms with van der Waals surface area (Å²) in [5, 5.41) is 7.11. The second kappa shape index (κ2) is 9.09. The highest BCUT2D eigenvalue weighted by Gasteiger charge is 2.26. The summed E-state index contributed by atoms with van der Waals surface area (Å²) in [6.07, 6.45) is 0. The molecule has 4 rings (SSSR count). The lowest BCUT2D eigenvalue weighted by molar-refractivity contribution is -0.122. The van der Waals surface area contributed by atoms with Crippen LogP contribution in [0, 0.1) is 6.92 Å². The van der Waals surface area contributed by atoms with Gasteiger partial charge in [-0.1, -0.05) is 29.8 Å². The Morgan fingerprint density at radius 3 is 2.44 bits per heavy atom. The maximum absolute atomic E-state index is 12.6. The van der Waals surface area contributed by atoms with Crippen LogP contribution in [0.2, 0.25) is 0 Å². The van der Waals surface area contributed by atoms with Crippen LogP contribution in [0.4, 0.5) is 11.6 Å². The molecule has 0 spiro atoms. The van der Waals surface area contributed by atoms with Crippen LogP contribution in [0.15, 0.2) is 58.1 Å². The van der Waals surface area contributed by atoms with Gasteiger partial charge in [-0.05, 0) is 43.7 Å². The third-order valence-corrected chi connectivity index (χ3v) is 5.27. The van der Waals surface area contributed by atoms with Gasteiger partial charge < -0.3 is 15.0 Å². The monoisotopic (exact) mass is 435 g/mol. The summed E-state index contributed by atoms with van der Waals surface area (Å²) < 4.78 is 7.75. The number of hydrogen-bond donors (Lipinski definition) is 1. The second-order valence-electron chi connectivity index (χ2n) is 7.56. The first-order chi connectivity index (χ1) is 15.5. The smallest absolute Gasteiger partial charge is 0.333 e. The van der Waals surface area contributed by atoms with Crippen molar-refractivity contribution < 1.29 is 9.53 Å². The summed E-state index contributed by atoms with van der Waals surface area (Å²) in [5.41, 5.74) is 1.40. The minimum atomic E-state index is -0.812. The van der Waals surface area contributed by atoms with Crippen molar-refractivity contribution in [1.82, 2.24) is 19.7 Å². The molecule has 0 saturated heterocycles. The number of rotatable bonds is 7. The zero-order chi connectivity index (χ0) is 22.7. The van der Waals surface area contributed by atoms with E-state index >= 15 is 0 Å². The topological polar surface area (TPSA) is 98.5 Å². The third-order valence-electron chi connectivity index (χ3n) is 5.27. The van der Waals surface area contributed by atoms with Crippen molar-refractivity contribution in [1.29, 1.82) is 0 Å². The minimum Gasteiger partial charge on any atom is -0.494 e. The molecule has 1 aliphatic rings. The number of carbonyl (C=O) groups is 1. The fourth-order valence-electron chi connectivity index (χ4n) is 3.56. The average Bonchev–Trinajstić information content (AvgIpc) is 3.21. The normalized spacial score (nSPS) is 12.5. The molecule has 0 unspecified atom stereocenters. The summed E-state index contributed by atoms with van der Waals surface area (Å²) in [6.45, 7) is 5.33. The quantitative estimate of drug-likeness (QED) is 0.566. The molecule has 2 heterocycles. The molecule has 9 heteroatoms. The number of aryl methyl sites for hydroxylation is 1. The Bertz CT molecular complexity index is 1230. The van der Waals surface area contributed by atoms with E-state index in [0.717, 1.165) is 27.2 Å². The molecular formula is C23H25N5O4. The fraction of sp³-hybridized carbons (Fsp3) is 0.304. The van der Waals surface area contributed by atoms with E-state index in [1.807, 2.05) is 67.3 Å². The predicted molar refractivity (Wildman–Crippen MR) is 120 cm³/mol. The average molecular weight is 435 g/mol. The molecule has 0 atom stereocenters. The number of hydrogen-bond acceptors (Lipinski definition) is 6. The maximum atomic E-state index is 12.6. The van der Waals surface area contributed by atoms with Crippen LogP contribution >= 0.6 is 0 Å². The van der Waals surface area contributed by atoms with Crippen molar-refractivity contribution in [3.05, 3.63) is 80.4 Å². The molecule has 166 valence electrons. The molecule has 0 fully saturated rings. The highest BCUT2D eigenvalue weighted by molar-refractivity contribution is 5.75. The van der Waals surface area contributed by atoms with Gasteiger partial charge in [0, 0.05) is 25.3 Å². The van der Waals surface area contributed by atoms with E-state index in [1.54, 1.807) is 0 Å². The van der Waals surface area contributed by atoms with Crippen LogP contribution in [0.25, 0.3) is 0 Å². The second-order valence-corrected chi connectivity index (χ2v) is 7.56. The number of anilines is 2. The van der Waals surface area contributed by atoms with Gasteiger partial charge in [0.05, 0.1) is 6.61 Å². The number of nitrogens with one attached hydrogen (secondary N) is 1. The van der Waals surface area contributed by atoms with Crippen LogP contribution in [0.1, 0.15) is 18.1 Å². The Labute approximate surface area is 184 Å². The molecule has 3 aromatic rings. The number of fused-ring (bicyclic) bond motifs is 1. The molecular weight excluding hydrogens is 410 g/mol. The van der Waals surface area contributed by atoms with Gasteiger partial charge in [0.1, 0.15) is 12.3 Å². The van der Waals surface area contributed by atoms with Crippen LogP contribution in [-0.2, 0) is 24.4 Å². The van der Waals surface area contributed by atoms with Crippen LogP contribution in [0.5, 0.6) is 5.75 Å².